The average Bonchev–Trinajstić information content (AvgIpc) is 2.34. The maximum atomic E-state index is 6.15. The third kappa shape index (κ3) is 4.77. The van der Waals surface area contributed by atoms with Crippen LogP contribution in [-0.4, -0.2) is 25.0 Å². The molecule has 1 aromatic rings. The molecule has 0 saturated heterocycles. The molecule has 0 bridgehead atoms. The van der Waals surface area contributed by atoms with Gasteiger partial charge < -0.3 is 10.6 Å². The van der Waals surface area contributed by atoms with Crippen molar-refractivity contribution in [2.45, 2.75) is 32.2 Å². The summed E-state index contributed by atoms with van der Waals surface area (Å²) in [6.07, 6.45) is 3.57. The van der Waals surface area contributed by atoms with Gasteiger partial charge in [-0.3, -0.25) is 0 Å². The lowest BCUT2D eigenvalue weighted by molar-refractivity contribution is 0.313. The van der Waals surface area contributed by atoms with E-state index in [0.29, 0.717) is 0 Å². The van der Waals surface area contributed by atoms with Gasteiger partial charge >= 0.3 is 0 Å². The Kier molecular flexibility index (Phi) is 6.12. The Balaban J connectivity index is 2.27. The highest BCUT2D eigenvalue weighted by atomic mass is 15.1. The minimum Gasteiger partial charge on any atom is -0.324 e. The number of nitrogens with two attached hydrogens (primary N) is 1. The molecule has 2 N–H and O–H groups in total. The lowest BCUT2D eigenvalue weighted by Crippen LogP contribution is -2.24. The number of unbranched alkanes of at least 4 members (excludes halogenated alkanes) is 1. The molecule has 16 heavy (non-hydrogen) atoms. The van der Waals surface area contributed by atoms with Gasteiger partial charge in [-0.1, -0.05) is 43.7 Å². The summed E-state index contributed by atoms with van der Waals surface area (Å²) in [5.74, 6) is 0. The van der Waals surface area contributed by atoms with Crippen molar-refractivity contribution in [1.29, 1.82) is 0 Å². The highest BCUT2D eigenvalue weighted by Gasteiger charge is 2.06. The first kappa shape index (κ1) is 13.2. The van der Waals surface area contributed by atoms with Gasteiger partial charge in [0.25, 0.3) is 0 Å². The molecule has 1 unspecified atom stereocenters. The minimum atomic E-state index is 0.172. The molecule has 0 aliphatic rings. The van der Waals surface area contributed by atoms with Gasteiger partial charge in [-0.15, -0.1) is 0 Å². The van der Waals surface area contributed by atoms with Gasteiger partial charge in [-0.05, 0) is 38.5 Å². The molecule has 0 aromatic heterocycles. The molecule has 2 nitrogen and oxygen atoms in total. The first-order valence-electron chi connectivity index (χ1n) is 6.23. The molecule has 1 rings (SSSR count). The Morgan fingerprint density at radius 3 is 2.50 bits per heavy atom. The van der Waals surface area contributed by atoms with Gasteiger partial charge in [0.05, 0.1) is 0 Å². The molecule has 0 aliphatic carbocycles. The molecular formula is C14H24N2. The standard InChI is InChI=1S/C14H24N2/c1-3-4-11-16(2)12-10-14(15)13-8-6-5-7-9-13/h5-9,14H,3-4,10-12,15H2,1-2H3. The Bertz CT molecular complexity index is 271. The fourth-order valence-electron chi connectivity index (χ4n) is 1.77. The van der Waals surface area contributed by atoms with Crippen molar-refractivity contribution in [2.24, 2.45) is 5.73 Å². The summed E-state index contributed by atoms with van der Waals surface area (Å²) in [4.78, 5) is 2.37. The van der Waals surface area contributed by atoms with Crippen LogP contribution in [-0.2, 0) is 0 Å². The van der Waals surface area contributed by atoms with Crippen molar-refractivity contribution < 1.29 is 0 Å². The maximum Gasteiger partial charge on any atom is 0.0307 e. The van der Waals surface area contributed by atoms with Crippen LogP contribution in [0.5, 0.6) is 0 Å². The second-order valence-corrected chi connectivity index (χ2v) is 4.46. The summed E-state index contributed by atoms with van der Waals surface area (Å²) in [6.45, 7) is 4.48. The van der Waals surface area contributed by atoms with E-state index in [2.05, 4.69) is 43.1 Å². The van der Waals surface area contributed by atoms with Crippen LogP contribution in [0.2, 0.25) is 0 Å². The summed E-state index contributed by atoms with van der Waals surface area (Å²) < 4.78 is 0. The van der Waals surface area contributed by atoms with E-state index < -0.39 is 0 Å². The van der Waals surface area contributed by atoms with E-state index in [1.165, 1.54) is 24.9 Å². The summed E-state index contributed by atoms with van der Waals surface area (Å²) >= 11 is 0. The number of hydrogen-bond acceptors (Lipinski definition) is 2. The second kappa shape index (κ2) is 7.42. The van der Waals surface area contributed by atoms with E-state index in [0.717, 1.165) is 13.0 Å². The van der Waals surface area contributed by atoms with Crippen LogP contribution in [0.1, 0.15) is 37.8 Å². The fourth-order valence-corrected chi connectivity index (χ4v) is 1.77. The molecule has 0 saturated carbocycles. The number of benzene rings is 1. The SMILES string of the molecule is CCCCN(C)CCC(N)c1ccccc1. The molecule has 0 spiro atoms. The second-order valence-electron chi connectivity index (χ2n) is 4.46. The highest BCUT2D eigenvalue weighted by molar-refractivity contribution is 5.18. The van der Waals surface area contributed by atoms with Gasteiger partial charge in [-0.2, -0.15) is 0 Å². The summed E-state index contributed by atoms with van der Waals surface area (Å²) in [7, 11) is 2.17. The molecule has 1 atom stereocenters. The van der Waals surface area contributed by atoms with Gasteiger partial charge in [0.2, 0.25) is 0 Å². The molecular weight excluding hydrogens is 196 g/mol. The average molecular weight is 220 g/mol. The summed E-state index contributed by atoms with van der Waals surface area (Å²) in [5, 5.41) is 0. The highest BCUT2D eigenvalue weighted by Crippen LogP contribution is 2.13. The van der Waals surface area contributed by atoms with Gasteiger partial charge in [-0.25, -0.2) is 0 Å². The van der Waals surface area contributed by atoms with Crippen LogP contribution in [0.25, 0.3) is 0 Å². The van der Waals surface area contributed by atoms with E-state index in [4.69, 9.17) is 5.73 Å². The Hall–Kier alpha value is -0.860. The first-order chi connectivity index (χ1) is 7.74. The predicted molar refractivity (Wildman–Crippen MR) is 70.4 cm³/mol. The van der Waals surface area contributed by atoms with Crippen molar-refractivity contribution in [2.75, 3.05) is 20.1 Å². The van der Waals surface area contributed by atoms with Crippen molar-refractivity contribution in [3.8, 4) is 0 Å². The summed E-state index contributed by atoms with van der Waals surface area (Å²) in [6, 6.07) is 10.5. The van der Waals surface area contributed by atoms with Crippen LogP contribution < -0.4 is 5.73 Å². The molecule has 0 fully saturated rings. The van der Waals surface area contributed by atoms with Crippen LogP contribution in [0.3, 0.4) is 0 Å². The largest absolute Gasteiger partial charge is 0.324 e. The van der Waals surface area contributed by atoms with Crippen molar-refractivity contribution in [3.63, 3.8) is 0 Å². The van der Waals surface area contributed by atoms with Gasteiger partial charge in [0.1, 0.15) is 0 Å². The quantitative estimate of drug-likeness (QED) is 0.765. The third-order valence-electron chi connectivity index (χ3n) is 2.94. The normalized spacial score (nSPS) is 13.0. The zero-order valence-electron chi connectivity index (χ0n) is 10.5. The maximum absolute atomic E-state index is 6.15. The Morgan fingerprint density at radius 2 is 1.88 bits per heavy atom. The zero-order valence-corrected chi connectivity index (χ0v) is 10.5. The van der Waals surface area contributed by atoms with Crippen LogP contribution in [0.15, 0.2) is 30.3 Å². The third-order valence-corrected chi connectivity index (χ3v) is 2.94. The topological polar surface area (TPSA) is 29.3 Å². The fraction of sp³-hybridized carbons (Fsp3) is 0.571. The first-order valence-corrected chi connectivity index (χ1v) is 6.23. The van der Waals surface area contributed by atoms with Crippen LogP contribution in [0, 0.1) is 0 Å². The Morgan fingerprint density at radius 1 is 1.19 bits per heavy atom. The summed E-state index contributed by atoms with van der Waals surface area (Å²) in [5.41, 5.74) is 7.39. The lowest BCUT2D eigenvalue weighted by Gasteiger charge is -2.19. The van der Waals surface area contributed by atoms with E-state index >= 15 is 0 Å². The van der Waals surface area contributed by atoms with E-state index in [1.807, 2.05) is 6.07 Å². The predicted octanol–water partition coefficient (Wildman–Crippen LogP) is 2.81. The van der Waals surface area contributed by atoms with Crippen LogP contribution in [0.4, 0.5) is 0 Å². The van der Waals surface area contributed by atoms with Gasteiger partial charge in [0.15, 0.2) is 0 Å². The number of rotatable bonds is 7. The smallest absolute Gasteiger partial charge is 0.0307 e. The molecule has 2 heteroatoms. The zero-order chi connectivity index (χ0) is 11.8. The van der Waals surface area contributed by atoms with Crippen molar-refractivity contribution in [3.05, 3.63) is 35.9 Å². The molecule has 0 amide bonds. The Labute approximate surface area is 99.5 Å². The number of nitrogens with zero attached hydrogens (tertiary/aromatic N) is 1. The van der Waals surface area contributed by atoms with E-state index in [9.17, 15) is 0 Å². The van der Waals surface area contributed by atoms with Crippen molar-refractivity contribution in [1.82, 2.24) is 4.90 Å². The molecule has 0 heterocycles. The van der Waals surface area contributed by atoms with Crippen LogP contribution >= 0.6 is 0 Å². The van der Waals surface area contributed by atoms with Crippen molar-refractivity contribution >= 4 is 0 Å². The van der Waals surface area contributed by atoms with E-state index in [-0.39, 0.29) is 6.04 Å². The lowest BCUT2D eigenvalue weighted by atomic mass is 10.0. The van der Waals surface area contributed by atoms with Gasteiger partial charge in [0, 0.05) is 6.04 Å². The minimum absolute atomic E-state index is 0.172. The molecule has 90 valence electrons. The monoisotopic (exact) mass is 220 g/mol. The molecule has 1 aromatic carbocycles. The number of hydrogen-bond donors (Lipinski definition) is 1. The molecule has 0 radical (unpaired) electrons. The molecule has 0 aliphatic heterocycles. The van der Waals surface area contributed by atoms with E-state index in [1.54, 1.807) is 0 Å².